The highest BCUT2D eigenvalue weighted by Crippen LogP contribution is 2.33. The number of hydrogen-bond acceptors (Lipinski definition) is 6. The predicted molar refractivity (Wildman–Crippen MR) is 125 cm³/mol. The van der Waals surface area contributed by atoms with Crippen molar-refractivity contribution in [2.45, 2.75) is 13.2 Å². The summed E-state index contributed by atoms with van der Waals surface area (Å²) in [5, 5.41) is 4.41. The summed E-state index contributed by atoms with van der Waals surface area (Å²) in [5.41, 5.74) is 17.3. The van der Waals surface area contributed by atoms with E-state index in [2.05, 4.69) is 10.1 Å². The highest BCUT2D eigenvalue weighted by molar-refractivity contribution is 5.87. The van der Waals surface area contributed by atoms with Crippen LogP contribution in [0.4, 0.5) is 5.82 Å². The van der Waals surface area contributed by atoms with Crippen LogP contribution in [-0.2, 0) is 13.2 Å². The quantitative estimate of drug-likeness (QED) is 0.427. The molecule has 0 saturated heterocycles. The summed E-state index contributed by atoms with van der Waals surface area (Å²) < 4.78 is 7.73. The van der Waals surface area contributed by atoms with Crippen LogP contribution in [0.15, 0.2) is 85.2 Å². The summed E-state index contributed by atoms with van der Waals surface area (Å²) in [7, 11) is 0. The number of nitrogen functional groups attached to an aromatic ring is 1. The second-order valence-corrected chi connectivity index (χ2v) is 7.39. The first-order chi connectivity index (χ1) is 15.7. The molecule has 7 nitrogen and oxygen atoms in total. The molecule has 0 aliphatic rings. The van der Waals surface area contributed by atoms with E-state index in [0.717, 1.165) is 28.0 Å². The minimum atomic E-state index is 0.364. The van der Waals surface area contributed by atoms with Gasteiger partial charge in [0.25, 0.3) is 0 Å². The van der Waals surface area contributed by atoms with Gasteiger partial charge in [0.1, 0.15) is 29.9 Å². The van der Waals surface area contributed by atoms with Gasteiger partial charge in [-0.25, -0.2) is 14.5 Å². The molecule has 0 saturated carbocycles. The van der Waals surface area contributed by atoms with Crippen molar-refractivity contribution >= 4 is 11.3 Å². The van der Waals surface area contributed by atoms with Crippen LogP contribution in [0.1, 0.15) is 11.1 Å². The van der Waals surface area contributed by atoms with Gasteiger partial charge in [0.15, 0.2) is 11.6 Å². The fraction of sp³-hybridized carbons (Fsp3) is 0.0800. The maximum absolute atomic E-state index is 6.24. The largest absolute Gasteiger partial charge is 0.489 e. The minimum Gasteiger partial charge on any atom is -0.489 e. The third-order valence-electron chi connectivity index (χ3n) is 5.26. The molecule has 0 fully saturated rings. The average Bonchev–Trinajstić information content (AvgIpc) is 3.25. The smallest absolute Gasteiger partial charge is 0.162 e. The second kappa shape index (κ2) is 8.49. The molecule has 0 aliphatic carbocycles. The molecule has 0 bridgehead atoms. The zero-order valence-corrected chi connectivity index (χ0v) is 17.3. The van der Waals surface area contributed by atoms with Crippen molar-refractivity contribution in [1.29, 1.82) is 0 Å². The summed E-state index contributed by atoms with van der Waals surface area (Å²) in [4.78, 5) is 9.08. The first-order valence-electron chi connectivity index (χ1n) is 10.3. The standard InChI is InChI=1S/C25H22N6O/c26-14-17-9-11-19(12-10-17)25-30-22(23-24(27)28-16-29-31(23)25)20-7-4-8-21(13-20)32-15-18-5-2-1-3-6-18/h1-13,16H,14-15,26H2,(H2,27,28,29). The molecule has 5 rings (SSSR count). The van der Waals surface area contributed by atoms with Crippen molar-refractivity contribution in [3.8, 4) is 28.4 Å². The van der Waals surface area contributed by atoms with Gasteiger partial charge in [0.05, 0.1) is 0 Å². The molecule has 0 amide bonds. The molecule has 7 heteroatoms. The molecule has 32 heavy (non-hydrogen) atoms. The number of rotatable bonds is 6. The summed E-state index contributed by atoms with van der Waals surface area (Å²) in [5.74, 6) is 1.79. The molecule has 0 spiro atoms. The third kappa shape index (κ3) is 3.77. The molecule has 0 unspecified atom stereocenters. The normalized spacial score (nSPS) is 11.0. The van der Waals surface area contributed by atoms with Gasteiger partial charge in [-0.3, -0.25) is 0 Å². The van der Waals surface area contributed by atoms with E-state index >= 15 is 0 Å². The Morgan fingerprint density at radius 1 is 0.844 bits per heavy atom. The van der Waals surface area contributed by atoms with Crippen LogP contribution >= 0.6 is 0 Å². The number of aromatic nitrogens is 4. The lowest BCUT2D eigenvalue weighted by molar-refractivity contribution is 0.306. The Hall–Kier alpha value is -4.23. The van der Waals surface area contributed by atoms with E-state index in [9.17, 15) is 0 Å². The topological polar surface area (TPSA) is 104 Å². The highest BCUT2D eigenvalue weighted by atomic mass is 16.5. The Morgan fingerprint density at radius 3 is 2.44 bits per heavy atom. The fourth-order valence-electron chi connectivity index (χ4n) is 3.61. The lowest BCUT2D eigenvalue weighted by Gasteiger charge is -2.08. The number of nitrogens with two attached hydrogens (primary N) is 2. The number of ether oxygens (including phenoxy) is 1. The lowest BCUT2D eigenvalue weighted by Crippen LogP contribution is -2.01. The Morgan fingerprint density at radius 2 is 1.66 bits per heavy atom. The van der Waals surface area contributed by atoms with Gasteiger partial charge in [-0.1, -0.05) is 66.7 Å². The first kappa shape index (κ1) is 19.7. The van der Waals surface area contributed by atoms with Gasteiger partial charge in [-0.15, -0.1) is 0 Å². The van der Waals surface area contributed by atoms with Crippen LogP contribution in [0.2, 0.25) is 0 Å². The molecule has 0 aliphatic heterocycles. The van der Waals surface area contributed by atoms with Crippen molar-refractivity contribution in [3.05, 3.63) is 96.3 Å². The zero-order chi connectivity index (χ0) is 21.9. The molecule has 0 radical (unpaired) electrons. The number of nitrogens with zero attached hydrogens (tertiary/aromatic N) is 4. The number of anilines is 1. The van der Waals surface area contributed by atoms with Crippen molar-refractivity contribution in [2.24, 2.45) is 5.73 Å². The Kier molecular flexibility index (Phi) is 5.23. The number of benzene rings is 3. The maximum atomic E-state index is 6.24. The third-order valence-corrected chi connectivity index (χ3v) is 5.26. The Labute approximate surface area is 185 Å². The van der Waals surface area contributed by atoms with Gasteiger partial charge >= 0.3 is 0 Å². The summed E-state index contributed by atoms with van der Waals surface area (Å²) in [6.45, 7) is 0.969. The zero-order valence-electron chi connectivity index (χ0n) is 17.3. The molecule has 3 aromatic carbocycles. The fourth-order valence-corrected chi connectivity index (χ4v) is 3.61. The van der Waals surface area contributed by atoms with Crippen molar-refractivity contribution in [1.82, 2.24) is 19.6 Å². The molecule has 2 aromatic heterocycles. The maximum Gasteiger partial charge on any atom is 0.162 e. The molecule has 0 atom stereocenters. The van der Waals surface area contributed by atoms with Crippen molar-refractivity contribution in [2.75, 3.05) is 5.73 Å². The van der Waals surface area contributed by atoms with E-state index < -0.39 is 0 Å². The Bertz CT molecular complexity index is 1360. The van der Waals surface area contributed by atoms with Crippen LogP contribution in [0.25, 0.3) is 28.2 Å². The molecule has 5 aromatic rings. The van der Waals surface area contributed by atoms with E-state index in [1.165, 1.54) is 6.33 Å². The number of fused-ring (bicyclic) bond motifs is 1. The molecule has 4 N–H and O–H groups in total. The van der Waals surface area contributed by atoms with E-state index in [4.69, 9.17) is 21.2 Å². The van der Waals surface area contributed by atoms with E-state index in [0.29, 0.717) is 36.0 Å². The van der Waals surface area contributed by atoms with Crippen LogP contribution < -0.4 is 16.2 Å². The average molecular weight is 422 g/mol. The van der Waals surface area contributed by atoms with Crippen LogP contribution in [0.3, 0.4) is 0 Å². The summed E-state index contributed by atoms with van der Waals surface area (Å²) >= 11 is 0. The van der Waals surface area contributed by atoms with E-state index in [1.54, 1.807) is 4.52 Å². The second-order valence-electron chi connectivity index (χ2n) is 7.39. The van der Waals surface area contributed by atoms with Crippen molar-refractivity contribution < 1.29 is 4.74 Å². The minimum absolute atomic E-state index is 0.364. The van der Waals surface area contributed by atoms with Gasteiger partial charge in [-0.05, 0) is 23.3 Å². The molecule has 158 valence electrons. The number of hydrogen-bond donors (Lipinski definition) is 2. The van der Waals surface area contributed by atoms with E-state index in [-0.39, 0.29) is 0 Å². The van der Waals surface area contributed by atoms with Crippen LogP contribution in [0.5, 0.6) is 5.75 Å². The summed E-state index contributed by atoms with van der Waals surface area (Å²) in [6, 6.07) is 25.8. The molecular weight excluding hydrogens is 400 g/mol. The van der Waals surface area contributed by atoms with Crippen molar-refractivity contribution in [3.63, 3.8) is 0 Å². The van der Waals surface area contributed by atoms with E-state index in [1.807, 2.05) is 78.9 Å². The van der Waals surface area contributed by atoms with Crippen LogP contribution in [-0.4, -0.2) is 19.6 Å². The van der Waals surface area contributed by atoms with Gasteiger partial charge in [0, 0.05) is 17.7 Å². The molecule has 2 heterocycles. The highest BCUT2D eigenvalue weighted by Gasteiger charge is 2.18. The summed E-state index contributed by atoms with van der Waals surface area (Å²) in [6.07, 6.45) is 1.44. The first-order valence-corrected chi connectivity index (χ1v) is 10.3. The van der Waals surface area contributed by atoms with Gasteiger partial charge in [0.2, 0.25) is 0 Å². The van der Waals surface area contributed by atoms with Gasteiger partial charge < -0.3 is 16.2 Å². The number of imidazole rings is 1. The lowest BCUT2D eigenvalue weighted by atomic mass is 10.1. The SMILES string of the molecule is NCc1ccc(-c2nc(-c3cccc(OCc4ccccc4)c3)c3c(N)ncnn23)cc1. The van der Waals surface area contributed by atoms with Crippen LogP contribution in [0, 0.1) is 0 Å². The monoisotopic (exact) mass is 422 g/mol. The molecular formula is C25H22N6O. The Balaban J connectivity index is 1.55. The predicted octanol–water partition coefficient (Wildman–Crippen LogP) is 4.08. The van der Waals surface area contributed by atoms with Gasteiger partial charge in [-0.2, -0.15) is 5.10 Å².